The van der Waals surface area contributed by atoms with Crippen LogP contribution in [0.1, 0.15) is 44.9 Å². The van der Waals surface area contributed by atoms with Crippen LogP contribution in [0, 0.1) is 18.7 Å². The molecule has 2 aromatic rings. The maximum atomic E-state index is 14.1. The number of amides is 2. The highest BCUT2D eigenvalue weighted by molar-refractivity contribution is 6.30. The molecule has 3 rings (SSSR count). The van der Waals surface area contributed by atoms with Gasteiger partial charge >= 0.3 is 0 Å². The van der Waals surface area contributed by atoms with Gasteiger partial charge in [0.15, 0.2) is 0 Å². The van der Waals surface area contributed by atoms with Crippen molar-refractivity contribution in [3.05, 3.63) is 59.4 Å². The number of hydrogen-bond donors (Lipinski definition) is 1. The summed E-state index contributed by atoms with van der Waals surface area (Å²) < 4.78 is 19.6. The van der Waals surface area contributed by atoms with Crippen LogP contribution in [0.25, 0.3) is 0 Å². The number of hydrogen-bond acceptors (Lipinski definition) is 4. The summed E-state index contributed by atoms with van der Waals surface area (Å²) in [6.45, 7) is 11.7. The summed E-state index contributed by atoms with van der Waals surface area (Å²) in [5, 5.41) is 3.46. The SMILES string of the molecule is Cc1cc(OC(C)C)ccc1N(C(=O)CCl)[C@H](C(=O)N1CCNC(C(C)C)C1)c1ccc(F)cc1. The van der Waals surface area contributed by atoms with Gasteiger partial charge in [0.05, 0.1) is 6.10 Å². The zero-order valence-electron chi connectivity index (χ0n) is 21.1. The Bertz CT molecular complexity index is 1030. The Balaban J connectivity index is 2.09. The van der Waals surface area contributed by atoms with E-state index in [2.05, 4.69) is 19.2 Å². The highest BCUT2D eigenvalue weighted by Crippen LogP contribution is 2.34. The van der Waals surface area contributed by atoms with Crippen LogP contribution in [-0.4, -0.2) is 54.4 Å². The number of nitrogens with zero attached hydrogens (tertiary/aromatic N) is 2. The van der Waals surface area contributed by atoms with E-state index in [1.165, 1.54) is 17.0 Å². The number of carbonyl (C=O) groups excluding carboxylic acids is 2. The van der Waals surface area contributed by atoms with Gasteiger partial charge in [0.25, 0.3) is 5.91 Å². The molecule has 0 bridgehead atoms. The molecule has 1 heterocycles. The maximum Gasteiger partial charge on any atom is 0.250 e. The Morgan fingerprint density at radius 2 is 1.86 bits per heavy atom. The molecule has 0 aliphatic carbocycles. The number of nitrogens with one attached hydrogen (secondary N) is 1. The Hall–Kier alpha value is -2.64. The molecule has 1 aliphatic heterocycles. The summed E-state index contributed by atoms with van der Waals surface area (Å²) in [5.41, 5.74) is 1.85. The molecule has 8 heteroatoms. The van der Waals surface area contributed by atoms with E-state index in [0.717, 1.165) is 5.56 Å². The monoisotopic (exact) mass is 503 g/mol. The third kappa shape index (κ3) is 6.53. The zero-order chi connectivity index (χ0) is 25.7. The van der Waals surface area contributed by atoms with Gasteiger partial charge in [-0.3, -0.25) is 14.5 Å². The topological polar surface area (TPSA) is 61.9 Å². The summed E-state index contributed by atoms with van der Waals surface area (Å²) in [4.78, 5) is 30.6. The van der Waals surface area contributed by atoms with Crippen LogP contribution in [0.2, 0.25) is 0 Å². The second-order valence-electron chi connectivity index (χ2n) is 9.56. The lowest BCUT2D eigenvalue weighted by Crippen LogP contribution is -2.57. The summed E-state index contributed by atoms with van der Waals surface area (Å²) in [6.07, 6.45) is -0.00372. The summed E-state index contributed by atoms with van der Waals surface area (Å²) in [5.74, 6) is -0.333. The van der Waals surface area contributed by atoms with Crippen LogP contribution in [-0.2, 0) is 9.59 Å². The molecule has 1 aliphatic rings. The fourth-order valence-corrected chi connectivity index (χ4v) is 4.50. The number of carbonyl (C=O) groups is 2. The Morgan fingerprint density at radius 3 is 2.43 bits per heavy atom. The van der Waals surface area contributed by atoms with E-state index in [1.54, 1.807) is 29.2 Å². The second kappa shape index (κ2) is 11.9. The number of piperazine rings is 1. The Morgan fingerprint density at radius 1 is 1.17 bits per heavy atom. The normalized spacial score (nSPS) is 16.9. The maximum absolute atomic E-state index is 14.1. The van der Waals surface area contributed by atoms with Gasteiger partial charge in [-0.25, -0.2) is 4.39 Å². The average Bonchev–Trinajstić information content (AvgIpc) is 2.83. The van der Waals surface area contributed by atoms with Gasteiger partial charge in [-0.2, -0.15) is 0 Å². The zero-order valence-corrected chi connectivity index (χ0v) is 21.8. The van der Waals surface area contributed by atoms with Crippen molar-refractivity contribution < 1.29 is 18.7 Å². The minimum absolute atomic E-state index is 0.00372. The first-order chi connectivity index (χ1) is 16.6. The largest absolute Gasteiger partial charge is 0.491 e. The molecule has 35 heavy (non-hydrogen) atoms. The predicted octanol–water partition coefficient (Wildman–Crippen LogP) is 4.69. The lowest BCUT2D eigenvalue weighted by atomic mass is 9.98. The van der Waals surface area contributed by atoms with Crippen molar-refractivity contribution in [2.75, 3.05) is 30.4 Å². The number of alkyl halides is 1. The number of anilines is 1. The van der Waals surface area contributed by atoms with Crippen LogP contribution in [0.15, 0.2) is 42.5 Å². The minimum atomic E-state index is -0.983. The summed E-state index contributed by atoms with van der Waals surface area (Å²) in [7, 11) is 0. The molecule has 0 saturated carbocycles. The number of ether oxygens (including phenoxy) is 1. The first-order valence-corrected chi connectivity index (χ1v) is 12.6. The molecule has 2 amide bonds. The van der Waals surface area contributed by atoms with E-state index in [0.29, 0.717) is 42.6 Å². The number of aryl methyl sites for hydroxylation is 1. The molecule has 1 fully saturated rings. The second-order valence-corrected chi connectivity index (χ2v) is 9.82. The highest BCUT2D eigenvalue weighted by atomic mass is 35.5. The van der Waals surface area contributed by atoms with E-state index >= 15 is 0 Å². The standard InChI is InChI=1S/C27H35ClFN3O3/c1-17(2)23-16-31(13-12-30-23)27(34)26(20-6-8-21(29)9-7-20)32(25(33)15-28)24-11-10-22(14-19(24)5)35-18(3)4/h6-11,14,17-18,23,26,30H,12-13,15-16H2,1-5H3/t23?,26-/m0/s1. The molecule has 2 aromatic carbocycles. The third-order valence-corrected chi connectivity index (χ3v) is 6.41. The van der Waals surface area contributed by atoms with Gasteiger partial charge in [-0.05, 0) is 68.1 Å². The third-order valence-electron chi connectivity index (χ3n) is 6.18. The molecule has 0 aromatic heterocycles. The van der Waals surface area contributed by atoms with Crippen LogP contribution in [0.3, 0.4) is 0 Å². The van der Waals surface area contributed by atoms with Crippen molar-refractivity contribution in [1.82, 2.24) is 10.2 Å². The van der Waals surface area contributed by atoms with Crippen LogP contribution in [0.4, 0.5) is 10.1 Å². The molecule has 190 valence electrons. The first kappa shape index (κ1) is 27.0. The van der Waals surface area contributed by atoms with Gasteiger partial charge in [0, 0.05) is 31.4 Å². The number of benzene rings is 2. The first-order valence-electron chi connectivity index (χ1n) is 12.0. The summed E-state index contributed by atoms with van der Waals surface area (Å²) in [6, 6.07) is 10.3. The van der Waals surface area contributed by atoms with Gasteiger partial charge in [0.1, 0.15) is 23.5 Å². The van der Waals surface area contributed by atoms with Crippen molar-refractivity contribution in [3.8, 4) is 5.75 Å². The Labute approximate surface area is 212 Å². The van der Waals surface area contributed by atoms with Gasteiger partial charge in [0.2, 0.25) is 5.91 Å². The molecule has 1 saturated heterocycles. The molecular formula is C27H35ClFN3O3. The van der Waals surface area contributed by atoms with E-state index in [4.69, 9.17) is 16.3 Å². The summed E-state index contributed by atoms with van der Waals surface area (Å²) >= 11 is 6.05. The van der Waals surface area contributed by atoms with Gasteiger partial charge in [-0.15, -0.1) is 11.6 Å². The lowest BCUT2D eigenvalue weighted by molar-refractivity contribution is -0.135. The molecule has 1 N–H and O–H groups in total. The van der Waals surface area contributed by atoms with Crippen molar-refractivity contribution in [2.45, 2.75) is 52.8 Å². The molecule has 0 radical (unpaired) electrons. The average molecular weight is 504 g/mol. The van der Waals surface area contributed by atoms with Crippen LogP contribution >= 0.6 is 11.6 Å². The quantitative estimate of drug-likeness (QED) is 0.531. The van der Waals surface area contributed by atoms with Crippen LogP contribution in [0.5, 0.6) is 5.75 Å². The van der Waals surface area contributed by atoms with E-state index in [1.807, 2.05) is 26.8 Å². The molecular weight excluding hydrogens is 469 g/mol. The van der Waals surface area contributed by atoms with Gasteiger partial charge < -0.3 is 15.0 Å². The van der Waals surface area contributed by atoms with Crippen molar-refractivity contribution >= 4 is 29.1 Å². The lowest BCUT2D eigenvalue weighted by Gasteiger charge is -2.40. The minimum Gasteiger partial charge on any atom is -0.491 e. The van der Waals surface area contributed by atoms with Crippen molar-refractivity contribution in [3.63, 3.8) is 0 Å². The number of halogens is 2. The smallest absolute Gasteiger partial charge is 0.250 e. The highest BCUT2D eigenvalue weighted by Gasteiger charge is 2.37. The molecule has 6 nitrogen and oxygen atoms in total. The van der Waals surface area contributed by atoms with Gasteiger partial charge in [-0.1, -0.05) is 26.0 Å². The van der Waals surface area contributed by atoms with E-state index < -0.39 is 17.8 Å². The molecule has 1 unspecified atom stereocenters. The van der Waals surface area contributed by atoms with E-state index in [-0.39, 0.29) is 23.9 Å². The van der Waals surface area contributed by atoms with E-state index in [9.17, 15) is 14.0 Å². The van der Waals surface area contributed by atoms with Crippen LogP contribution < -0.4 is 15.0 Å². The Kier molecular flexibility index (Phi) is 9.14. The fourth-order valence-electron chi connectivity index (χ4n) is 4.37. The molecule has 0 spiro atoms. The predicted molar refractivity (Wildman–Crippen MR) is 137 cm³/mol. The fraction of sp³-hybridized carbons (Fsp3) is 0.481. The molecule has 2 atom stereocenters. The van der Waals surface area contributed by atoms with Crippen molar-refractivity contribution in [2.24, 2.45) is 5.92 Å². The van der Waals surface area contributed by atoms with Crippen molar-refractivity contribution in [1.29, 1.82) is 0 Å². The number of rotatable bonds is 8.